The molecule has 1 aliphatic carbocycles. The molecule has 2 saturated heterocycles. The van der Waals surface area contributed by atoms with Gasteiger partial charge in [0.05, 0.1) is 30.5 Å². The number of allylic oxidation sites excluding steroid dienone is 3. The number of carbonyl (C=O) groups excluding carboxylic acids is 5. The van der Waals surface area contributed by atoms with E-state index in [-0.39, 0.29) is 86.0 Å². The molecule has 368 valence electrons. The van der Waals surface area contributed by atoms with Crippen molar-refractivity contribution in [2.45, 2.75) is 187 Å². The van der Waals surface area contributed by atoms with Gasteiger partial charge in [-0.2, -0.15) is 0 Å². The van der Waals surface area contributed by atoms with E-state index in [0.29, 0.717) is 56.9 Å². The van der Waals surface area contributed by atoms with Gasteiger partial charge in [-0.3, -0.25) is 19.2 Å². The van der Waals surface area contributed by atoms with Gasteiger partial charge in [0.25, 0.3) is 11.7 Å². The maximum absolute atomic E-state index is 14.5. The summed E-state index contributed by atoms with van der Waals surface area (Å²) in [5, 5.41) is 12.1. The summed E-state index contributed by atoms with van der Waals surface area (Å²) in [5.74, 6) is -6.47. The average molecular weight is 922 g/mol. The highest BCUT2D eigenvalue weighted by molar-refractivity contribution is 6.39. The molecule has 3 aliphatic heterocycles. The van der Waals surface area contributed by atoms with E-state index in [2.05, 4.69) is 19.1 Å². The van der Waals surface area contributed by atoms with Crippen LogP contribution in [0.1, 0.15) is 143 Å². The molecule has 66 heavy (non-hydrogen) atoms. The molecule has 0 radical (unpaired) electrons. The number of carbonyl (C=O) groups is 5. The smallest absolute Gasteiger partial charge is 0.329 e. The van der Waals surface area contributed by atoms with Crippen LogP contribution in [-0.2, 0) is 47.6 Å². The van der Waals surface area contributed by atoms with Gasteiger partial charge in [0.2, 0.25) is 5.79 Å². The van der Waals surface area contributed by atoms with Crippen molar-refractivity contribution in [3.63, 3.8) is 0 Å². The minimum absolute atomic E-state index is 0.0407. The number of piperidine rings is 1. The molecular formula is C53H79NO12. The highest BCUT2D eigenvalue weighted by atomic mass is 16.7. The average Bonchev–Trinajstić information content (AvgIpc) is 3.30. The molecule has 1 aromatic rings. The third-order valence-electron chi connectivity index (χ3n) is 14.4. The molecule has 3 heterocycles. The Bertz CT molecular complexity index is 1860. The fraction of sp³-hybridized carbons (Fsp3) is 0.717. The molecule has 1 N–H and O–H groups in total. The number of benzene rings is 1. The lowest BCUT2D eigenvalue weighted by Gasteiger charge is -2.47. The number of aliphatic hydroxyl groups is 1. The predicted molar refractivity (Wildman–Crippen MR) is 250 cm³/mol. The number of fused-ring (bicyclic) bond motifs is 3. The molecule has 13 atom stereocenters. The van der Waals surface area contributed by atoms with Crippen LogP contribution in [0.15, 0.2) is 53.6 Å². The zero-order valence-electron chi connectivity index (χ0n) is 41.3. The van der Waals surface area contributed by atoms with Gasteiger partial charge in [-0.05, 0) is 122 Å². The Morgan fingerprint density at radius 2 is 1.62 bits per heavy atom. The highest BCUT2D eigenvalue weighted by Gasteiger charge is 2.56. The van der Waals surface area contributed by atoms with Gasteiger partial charge in [-0.25, -0.2) is 4.79 Å². The molecular weight excluding hydrogens is 843 g/mol. The predicted octanol–water partition coefficient (Wildman–Crippen LogP) is 8.19. The summed E-state index contributed by atoms with van der Waals surface area (Å²) >= 11 is 0. The first-order valence-corrected chi connectivity index (χ1v) is 24.7. The SMILES string of the molecule is CCC1/C=C(\C)CC(C)CC(OC)C2OC(O)(C(=O)C(=O)N3CCCCC3C(=O)OC(C(C)=CC3CCC(OCC(=O)c4ccccc4)C(OC(C)C)C3)C(C)CCC1=O)C(C)CC2OC. The highest BCUT2D eigenvalue weighted by Crippen LogP contribution is 2.39. The third-order valence-corrected chi connectivity index (χ3v) is 14.4. The largest absolute Gasteiger partial charge is 0.456 e. The van der Waals surface area contributed by atoms with Crippen molar-refractivity contribution in [1.82, 2.24) is 4.90 Å². The monoisotopic (exact) mass is 922 g/mol. The van der Waals surface area contributed by atoms with Gasteiger partial charge in [-0.1, -0.05) is 75.8 Å². The first-order chi connectivity index (χ1) is 31.4. The second kappa shape index (κ2) is 24.6. The van der Waals surface area contributed by atoms with E-state index in [4.69, 9.17) is 28.4 Å². The number of hydrogen-bond donors (Lipinski definition) is 1. The van der Waals surface area contributed by atoms with Crippen molar-refractivity contribution in [2.75, 3.05) is 27.4 Å². The van der Waals surface area contributed by atoms with Crippen LogP contribution in [0, 0.1) is 29.6 Å². The van der Waals surface area contributed by atoms with Crippen LogP contribution in [-0.4, -0.2) is 121 Å². The van der Waals surface area contributed by atoms with Crippen molar-refractivity contribution in [1.29, 1.82) is 0 Å². The van der Waals surface area contributed by atoms with Crippen LogP contribution in [0.2, 0.25) is 0 Å². The molecule has 0 spiro atoms. The van der Waals surface area contributed by atoms with Gasteiger partial charge < -0.3 is 38.4 Å². The number of nitrogens with zero attached hydrogens (tertiary/aromatic N) is 1. The lowest BCUT2D eigenvalue weighted by molar-refractivity contribution is -0.302. The van der Waals surface area contributed by atoms with E-state index in [0.717, 1.165) is 17.6 Å². The Morgan fingerprint density at radius 1 is 0.924 bits per heavy atom. The summed E-state index contributed by atoms with van der Waals surface area (Å²) in [7, 11) is 3.10. The first kappa shape index (κ1) is 53.4. The fourth-order valence-electron chi connectivity index (χ4n) is 10.7. The van der Waals surface area contributed by atoms with E-state index >= 15 is 0 Å². The minimum atomic E-state index is -2.49. The quantitative estimate of drug-likeness (QED) is 0.0982. The molecule has 4 aliphatic rings. The maximum atomic E-state index is 14.5. The van der Waals surface area contributed by atoms with Gasteiger partial charge in [0, 0.05) is 44.6 Å². The molecule has 1 aromatic carbocycles. The van der Waals surface area contributed by atoms with E-state index in [9.17, 15) is 29.1 Å². The lowest BCUT2D eigenvalue weighted by Crippen LogP contribution is -2.64. The van der Waals surface area contributed by atoms with E-state index < -0.39 is 59.8 Å². The van der Waals surface area contributed by atoms with Crippen molar-refractivity contribution in [2.24, 2.45) is 29.6 Å². The van der Waals surface area contributed by atoms with Gasteiger partial charge in [-0.15, -0.1) is 0 Å². The maximum Gasteiger partial charge on any atom is 0.329 e. The number of cyclic esters (lactones) is 1. The summed E-state index contributed by atoms with van der Waals surface area (Å²) in [4.78, 5) is 71.4. The number of amides is 1. The normalized spacial score (nSPS) is 35.9. The number of ketones is 3. The van der Waals surface area contributed by atoms with Crippen LogP contribution >= 0.6 is 0 Å². The summed E-state index contributed by atoms with van der Waals surface area (Å²) in [6, 6.07) is 8.03. The molecule has 2 bridgehead atoms. The van der Waals surface area contributed by atoms with Crippen LogP contribution in [0.4, 0.5) is 0 Å². The van der Waals surface area contributed by atoms with Gasteiger partial charge >= 0.3 is 5.97 Å². The molecule has 1 saturated carbocycles. The Kier molecular flexibility index (Phi) is 19.9. The van der Waals surface area contributed by atoms with E-state index in [1.54, 1.807) is 33.3 Å². The second-order valence-corrected chi connectivity index (χ2v) is 20.1. The standard InChI is InChI=1S/C53H79NO12/c1-11-39-26-33(4)25-34(5)27-46(61-9)49-47(62-10)29-37(8)53(60,66-49)50(57)51(58)54-24-16-15-19-41(54)52(59)65-48(35(6)20-22-42(39)55)36(7)28-38-21-23-44(45(30-38)64-32(2)3)63-31-43(56)40-17-13-12-14-18-40/h12-14,17-18,26,28,32,34-35,37-39,41,44-49,60H,11,15-16,19-25,27,29-31H2,1-10H3/b33-26+,36-28?. The number of esters is 1. The Morgan fingerprint density at radius 3 is 2.29 bits per heavy atom. The van der Waals surface area contributed by atoms with Crippen LogP contribution in [0.25, 0.3) is 0 Å². The van der Waals surface area contributed by atoms with Crippen molar-refractivity contribution >= 4 is 29.2 Å². The van der Waals surface area contributed by atoms with Crippen LogP contribution in [0.5, 0.6) is 0 Å². The van der Waals surface area contributed by atoms with Crippen LogP contribution < -0.4 is 0 Å². The summed E-state index contributed by atoms with van der Waals surface area (Å²) < 4.78 is 37.2. The molecule has 3 fully saturated rings. The molecule has 13 heteroatoms. The number of hydrogen-bond acceptors (Lipinski definition) is 12. The van der Waals surface area contributed by atoms with Crippen LogP contribution in [0.3, 0.4) is 0 Å². The van der Waals surface area contributed by atoms with Gasteiger partial charge in [0.15, 0.2) is 5.78 Å². The number of Topliss-reactive ketones (excluding diaryl/α,β-unsaturated/α-hetero) is 3. The minimum Gasteiger partial charge on any atom is -0.456 e. The van der Waals surface area contributed by atoms with Gasteiger partial charge in [0.1, 0.15) is 30.6 Å². The first-order valence-electron chi connectivity index (χ1n) is 24.7. The van der Waals surface area contributed by atoms with E-state index in [1.165, 1.54) is 4.90 Å². The number of ether oxygens (including phenoxy) is 6. The number of methoxy groups -OCH3 is 2. The topological polar surface area (TPSA) is 164 Å². The second-order valence-electron chi connectivity index (χ2n) is 20.1. The van der Waals surface area contributed by atoms with E-state index in [1.807, 2.05) is 59.7 Å². The molecule has 0 aromatic heterocycles. The molecule has 5 rings (SSSR count). The zero-order chi connectivity index (χ0) is 48.3. The zero-order valence-corrected chi connectivity index (χ0v) is 41.3. The Hall–Kier alpha value is -3.59. The summed E-state index contributed by atoms with van der Waals surface area (Å²) in [6.07, 6.45) is 7.20. The summed E-state index contributed by atoms with van der Waals surface area (Å²) in [6.45, 7) is 15.8. The molecule has 1 amide bonds. The summed E-state index contributed by atoms with van der Waals surface area (Å²) in [5.41, 5.74) is 2.49. The fourth-order valence-corrected chi connectivity index (χ4v) is 10.7. The van der Waals surface area contributed by atoms with Crippen molar-refractivity contribution < 1.29 is 57.5 Å². The third kappa shape index (κ3) is 13.6. The van der Waals surface area contributed by atoms with Crippen molar-refractivity contribution in [3.8, 4) is 0 Å². The Labute approximate surface area is 393 Å². The van der Waals surface area contributed by atoms with Crippen molar-refractivity contribution in [3.05, 3.63) is 59.2 Å². The molecule has 13 nitrogen and oxygen atoms in total. The Balaban J connectivity index is 1.45. The molecule has 13 unspecified atom stereocenters. The lowest BCUT2D eigenvalue weighted by atomic mass is 9.82. The number of rotatable bonds is 11.